The number of hydrogen-bond donors (Lipinski definition) is 0. The van der Waals surface area contributed by atoms with Crippen LogP contribution in [0.25, 0.3) is 0 Å². The van der Waals surface area contributed by atoms with E-state index in [1.54, 1.807) is 18.2 Å². The normalized spacial score (nSPS) is 18.8. The zero-order valence-corrected chi connectivity index (χ0v) is 14.2. The number of rotatable bonds is 6. The molecule has 1 amide bonds. The van der Waals surface area contributed by atoms with E-state index in [0.29, 0.717) is 12.2 Å². The van der Waals surface area contributed by atoms with Crippen LogP contribution in [0.5, 0.6) is 5.75 Å². The summed E-state index contributed by atoms with van der Waals surface area (Å²) in [5, 5.41) is 0. The lowest BCUT2D eigenvalue weighted by Crippen LogP contribution is -2.43. The summed E-state index contributed by atoms with van der Waals surface area (Å²) in [5.74, 6) is -0.0418. The first-order valence-corrected chi connectivity index (χ1v) is 9.66. The summed E-state index contributed by atoms with van der Waals surface area (Å²) >= 11 is 0. The first-order valence-electron chi connectivity index (χ1n) is 7.83. The van der Waals surface area contributed by atoms with Crippen molar-refractivity contribution in [1.82, 2.24) is 4.90 Å². The third-order valence-electron chi connectivity index (χ3n) is 4.03. The van der Waals surface area contributed by atoms with Gasteiger partial charge in [-0.05, 0) is 30.7 Å². The highest BCUT2D eigenvalue weighted by atomic mass is 32.2. The average Bonchev–Trinajstić information content (AvgIpc) is 3.19. The van der Waals surface area contributed by atoms with Gasteiger partial charge in [0.25, 0.3) is 5.91 Å². The number of sulfone groups is 1. The van der Waals surface area contributed by atoms with Gasteiger partial charge in [-0.1, -0.05) is 6.07 Å². The lowest BCUT2D eigenvalue weighted by atomic mass is 10.2. The molecule has 0 bridgehead atoms. The number of ether oxygens (including phenoxy) is 1. The van der Waals surface area contributed by atoms with Gasteiger partial charge in [-0.3, -0.25) is 4.79 Å². The van der Waals surface area contributed by atoms with Gasteiger partial charge in [0.1, 0.15) is 17.3 Å². The zero-order valence-electron chi connectivity index (χ0n) is 13.4. The molecule has 1 aromatic carbocycles. The lowest BCUT2D eigenvalue weighted by molar-refractivity contribution is -0.136. The number of carbonyl (C=O) groups is 1. The Balaban J connectivity index is 1.70. The van der Waals surface area contributed by atoms with Crippen LogP contribution in [-0.4, -0.2) is 43.4 Å². The number of amides is 1. The molecule has 1 saturated heterocycles. The number of benzene rings is 1. The maximum absolute atomic E-state index is 13.2. The fourth-order valence-electron chi connectivity index (χ4n) is 2.80. The van der Waals surface area contributed by atoms with Crippen LogP contribution in [0.2, 0.25) is 0 Å². The van der Waals surface area contributed by atoms with Crippen LogP contribution in [0.15, 0.2) is 47.1 Å². The SMILES string of the molecule is O=C(COc1cccc(F)c1)N(Cc1ccco1)C1CCS(=O)(=O)C1. The molecule has 2 heterocycles. The molecule has 1 fully saturated rings. The number of carbonyl (C=O) groups excluding carboxylic acids is 1. The maximum Gasteiger partial charge on any atom is 0.261 e. The molecule has 8 heteroatoms. The molecule has 0 spiro atoms. The molecule has 134 valence electrons. The van der Waals surface area contributed by atoms with Crippen LogP contribution in [0.1, 0.15) is 12.2 Å². The minimum absolute atomic E-state index is 0.0599. The van der Waals surface area contributed by atoms with E-state index in [1.165, 1.54) is 29.4 Å². The zero-order chi connectivity index (χ0) is 17.9. The van der Waals surface area contributed by atoms with Crippen LogP contribution in [0, 0.1) is 5.82 Å². The predicted molar refractivity (Wildman–Crippen MR) is 88.2 cm³/mol. The van der Waals surface area contributed by atoms with Gasteiger partial charge in [0.15, 0.2) is 16.4 Å². The monoisotopic (exact) mass is 367 g/mol. The molecule has 6 nitrogen and oxygen atoms in total. The Hall–Kier alpha value is -2.35. The van der Waals surface area contributed by atoms with Crippen molar-refractivity contribution < 1.29 is 26.8 Å². The fraction of sp³-hybridized carbons (Fsp3) is 0.353. The summed E-state index contributed by atoms with van der Waals surface area (Å²) in [5.41, 5.74) is 0. The minimum Gasteiger partial charge on any atom is -0.484 e. The highest BCUT2D eigenvalue weighted by Crippen LogP contribution is 2.21. The maximum atomic E-state index is 13.2. The minimum atomic E-state index is -3.14. The molecule has 0 radical (unpaired) electrons. The van der Waals surface area contributed by atoms with Gasteiger partial charge in [-0.25, -0.2) is 12.8 Å². The summed E-state index contributed by atoms with van der Waals surface area (Å²) < 4.78 is 47.3. The molecule has 3 rings (SSSR count). The van der Waals surface area contributed by atoms with E-state index in [-0.39, 0.29) is 36.3 Å². The van der Waals surface area contributed by atoms with E-state index < -0.39 is 21.7 Å². The van der Waals surface area contributed by atoms with Crippen molar-refractivity contribution in [2.75, 3.05) is 18.1 Å². The fourth-order valence-corrected chi connectivity index (χ4v) is 4.53. The second-order valence-corrected chi connectivity index (χ2v) is 8.13. The molecule has 1 atom stereocenters. The van der Waals surface area contributed by atoms with Crippen molar-refractivity contribution in [1.29, 1.82) is 0 Å². The van der Waals surface area contributed by atoms with Gasteiger partial charge >= 0.3 is 0 Å². The van der Waals surface area contributed by atoms with Crippen LogP contribution in [0.3, 0.4) is 0 Å². The quantitative estimate of drug-likeness (QED) is 0.781. The Morgan fingerprint density at radius 1 is 1.32 bits per heavy atom. The molecule has 1 unspecified atom stereocenters. The topological polar surface area (TPSA) is 76.8 Å². The molecule has 25 heavy (non-hydrogen) atoms. The Kier molecular flexibility index (Phi) is 5.08. The van der Waals surface area contributed by atoms with Crippen molar-refractivity contribution in [3.63, 3.8) is 0 Å². The molecule has 0 saturated carbocycles. The van der Waals surface area contributed by atoms with Crippen LogP contribution in [0.4, 0.5) is 4.39 Å². The summed E-state index contributed by atoms with van der Waals surface area (Å²) in [7, 11) is -3.14. The van der Waals surface area contributed by atoms with E-state index in [4.69, 9.17) is 9.15 Å². The third-order valence-corrected chi connectivity index (χ3v) is 5.78. The molecule has 0 aliphatic carbocycles. The van der Waals surface area contributed by atoms with Gasteiger partial charge in [-0.2, -0.15) is 0 Å². The Labute approximate surface area is 145 Å². The van der Waals surface area contributed by atoms with Crippen molar-refractivity contribution in [3.05, 3.63) is 54.2 Å². The molecule has 1 aliphatic rings. The Morgan fingerprint density at radius 2 is 2.16 bits per heavy atom. The second-order valence-electron chi connectivity index (χ2n) is 5.90. The Bertz CT molecular complexity index is 834. The van der Waals surface area contributed by atoms with Gasteiger partial charge in [0.2, 0.25) is 0 Å². The van der Waals surface area contributed by atoms with Crippen LogP contribution < -0.4 is 4.74 Å². The summed E-state index contributed by atoms with van der Waals surface area (Å²) in [6, 6.07) is 8.50. The molecular formula is C17H18FNO5S. The molecule has 0 N–H and O–H groups in total. The standard InChI is InChI=1S/C17H18FNO5S/c18-13-3-1-4-15(9-13)24-11-17(20)19(10-16-5-2-7-23-16)14-6-8-25(21,22)12-14/h1-5,7,9,14H,6,8,10-12H2. The van der Waals surface area contributed by atoms with Crippen molar-refractivity contribution in [2.24, 2.45) is 0 Å². The van der Waals surface area contributed by atoms with E-state index in [2.05, 4.69) is 0 Å². The summed E-state index contributed by atoms with van der Waals surface area (Å²) in [6.07, 6.45) is 1.88. The molecule has 1 aromatic heterocycles. The summed E-state index contributed by atoms with van der Waals surface area (Å²) in [4.78, 5) is 14.1. The van der Waals surface area contributed by atoms with Gasteiger partial charge in [-0.15, -0.1) is 0 Å². The highest BCUT2D eigenvalue weighted by Gasteiger charge is 2.35. The number of halogens is 1. The van der Waals surface area contributed by atoms with E-state index >= 15 is 0 Å². The predicted octanol–water partition coefficient (Wildman–Crippen LogP) is 2.01. The van der Waals surface area contributed by atoms with E-state index in [9.17, 15) is 17.6 Å². The molecule has 2 aromatic rings. The number of furan rings is 1. The van der Waals surface area contributed by atoms with Gasteiger partial charge in [0.05, 0.1) is 24.3 Å². The van der Waals surface area contributed by atoms with Crippen LogP contribution in [-0.2, 0) is 21.2 Å². The molecular weight excluding hydrogens is 349 g/mol. The van der Waals surface area contributed by atoms with Crippen molar-refractivity contribution in [3.8, 4) is 5.75 Å². The lowest BCUT2D eigenvalue weighted by Gasteiger charge is -2.27. The first-order chi connectivity index (χ1) is 11.9. The number of hydrogen-bond acceptors (Lipinski definition) is 5. The number of nitrogens with zero attached hydrogens (tertiary/aromatic N) is 1. The van der Waals surface area contributed by atoms with Gasteiger partial charge in [0, 0.05) is 12.1 Å². The smallest absolute Gasteiger partial charge is 0.261 e. The van der Waals surface area contributed by atoms with E-state index in [1.807, 2.05) is 0 Å². The summed E-state index contributed by atoms with van der Waals surface area (Å²) in [6.45, 7) is -0.140. The van der Waals surface area contributed by atoms with E-state index in [0.717, 1.165) is 0 Å². The van der Waals surface area contributed by atoms with Crippen molar-refractivity contribution in [2.45, 2.75) is 19.0 Å². The highest BCUT2D eigenvalue weighted by molar-refractivity contribution is 7.91. The molecule has 1 aliphatic heterocycles. The van der Waals surface area contributed by atoms with Crippen LogP contribution >= 0.6 is 0 Å². The Morgan fingerprint density at radius 3 is 2.80 bits per heavy atom. The third kappa shape index (κ3) is 4.60. The second kappa shape index (κ2) is 7.26. The largest absolute Gasteiger partial charge is 0.484 e. The average molecular weight is 367 g/mol. The first kappa shape index (κ1) is 17.5. The van der Waals surface area contributed by atoms with Crippen molar-refractivity contribution >= 4 is 15.7 Å². The van der Waals surface area contributed by atoms with Gasteiger partial charge < -0.3 is 14.1 Å².